The molecule has 10 nitrogen and oxygen atoms in total. The van der Waals surface area contributed by atoms with Crippen molar-refractivity contribution >= 4 is 29.1 Å². The van der Waals surface area contributed by atoms with E-state index in [1.807, 2.05) is 0 Å². The zero-order valence-electron chi connectivity index (χ0n) is 20.4. The van der Waals surface area contributed by atoms with Gasteiger partial charge in [-0.1, -0.05) is 0 Å². The summed E-state index contributed by atoms with van der Waals surface area (Å²) < 4.78 is 0. The van der Waals surface area contributed by atoms with Crippen molar-refractivity contribution in [1.29, 1.82) is 5.26 Å². The summed E-state index contributed by atoms with van der Waals surface area (Å²) in [6.45, 7) is 4.38. The summed E-state index contributed by atoms with van der Waals surface area (Å²) in [5, 5.41) is 29.9. The maximum atomic E-state index is 11.0. The number of azo groups is 1. The topological polar surface area (TPSA) is 130 Å². The van der Waals surface area contributed by atoms with Crippen LogP contribution in [-0.4, -0.2) is 47.2 Å². The van der Waals surface area contributed by atoms with E-state index in [1.165, 1.54) is 0 Å². The molecule has 2 saturated heterocycles. The van der Waals surface area contributed by atoms with Gasteiger partial charge in [-0.2, -0.15) is 20.5 Å². The summed E-state index contributed by atoms with van der Waals surface area (Å²) >= 11 is 0. The lowest BCUT2D eigenvalue weighted by Crippen LogP contribution is -2.35. The molecule has 0 unspecified atom stereocenters. The van der Waals surface area contributed by atoms with Crippen LogP contribution in [0.3, 0.4) is 0 Å². The van der Waals surface area contributed by atoms with E-state index in [4.69, 9.17) is 20.3 Å². The summed E-state index contributed by atoms with van der Waals surface area (Å²) in [7, 11) is 0. The van der Waals surface area contributed by atoms with Crippen molar-refractivity contribution in [2.24, 2.45) is 22.1 Å². The number of aliphatic carboxylic acids is 1. The van der Waals surface area contributed by atoms with Crippen LogP contribution < -0.4 is 15.1 Å². The van der Waals surface area contributed by atoms with Gasteiger partial charge in [0.25, 0.3) is 0 Å². The highest BCUT2D eigenvalue weighted by molar-refractivity contribution is 5.67. The lowest BCUT2D eigenvalue weighted by atomic mass is 9.93. The van der Waals surface area contributed by atoms with Crippen LogP contribution in [0.25, 0.3) is 0 Å². The number of benzene rings is 1. The van der Waals surface area contributed by atoms with Crippen LogP contribution in [-0.2, 0) is 17.9 Å². The van der Waals surface area contributed by atoms with E-state index in [9.17, 15) is 4.79 Å². The van der Waals surface area contributed by atoms with Crippen LogP contribution >= 0.6 is 0 Å². The van der Waals surface area contributed by atoms with Gasteiger partial charge in [0.05, 0.1) is 18.3 Å². The number of nitrogens with one attached hydrogen (secondary N) is 1. The van der Waals surface area contributed by atoms with Gasteiger partial charge < -0.3 is 20.2 Å². The maximum Gasteiger partial charge on any atom is 0.303 e. The van der Waals surface area contributed by atoms with Gasteiger partial charge in [-0.3, -0.25) is 4.79 Å². The minimum Gasteiger partial charge on any atom is -0.481 e. The number of fused-ring (bicyclic) bond motifs is 1. The van der Waals surface area contributed by atoms with Gasteiger partial charge in [0.2, 0.25) is 5.95 Å². The second-order valence-electron chi connectivity index (χ2n) is 9.89. The highest BCUT2D eigenvalue weighted by Gasteiger charge is 2.25. The Hall–Kier alpha value is -3.74. The highest BCUT2D eigenvalue weighted by Crippen LogP contribution is 2.31. The standard InChI is InChI=1S/C26H32N8O2/c27-10-5-18-6-13-34(14-7-18)26-31-23-17-29-28-16-22(23)25(32-26)30-20-1-3-21(4-2-20)33-11-8-19(9-12-33)15-24(35)36/h1-4,18-19H,5-9,11-17H2,(H,35,36)(H,30,31,32). The van der Waals surface area contributed by atoms with Crippen molar-refractivity contribution in [2.45, 2.75) is 51.6 Å². The van der Waals surface area contributed by atoms with E-state index in [-0.39, 0.29) is 12.3 Å². The van der Waals surface area contributed by atoms with Crippen molar-refractivity contribution in [1.82, 2.24) is 9.97 Å². The van der Waals surface area contributed by atoms with Crippen LogP contribution in [0, 0.1) is 23.2 Å². The van der Waals surface area contributed by atoms with E-state index in [0.29, 0.717) is 31.4 Å². The number of hydrogen-bond acceptors (Lipinski definition) is 9. The van der Waals surface area contributed by atoms with Crippen molar-refractivity contribution in [3.05, 3.63) is 35.5 Å². The molecule has 1 aromatic heterocycles. The van der Waals surface area contributed by atoms with Crippen LogP contribution in [0.5, 0.6) is 0 Å². The minimum absolute atomic E-state index is 0.263. The van der Waals surface area contributed by atoms with Crippen LogP contribution in [0.2, 0.25) is 0 Å². The number of piperidine rings is 2. The molecule has 3 aliphatic rings. The summed E-state index contributed by atoms with van der Waals surface area (Å²) in [4.78, 5) is 25.2. The molecule has 1 aromatic carbocycles. The molecule has 0 radical (unpaired) electrons. The summed E-state index contributed by atoms with van der Waals surface area (Å²) in [6.07, 6.45) is 4.65. The van der Waals surface area contributed by atoms with Crippen molar-refractivity contribution in [2.75, 3.05) is 41.3 Å². The average Bonchev–Trinajstić information content (AvgIpc) is 2.90. The number of aromatic nitrogens is 2. The first-order chi connectivity index (χ1) is 17.6. The number of anilines is 4. The minimum atomic E-state index is -0.705. The fraction of sp³-hybridized carbons (Fsp3) is 0.538. The number of carbonyl (C=O) groups is 1. The first kappa shape index (κ1) is 24.0. The summed E-state index contributed by atoms with van der Waals surface area (Å²) in [6, 6.07) is 10.6. The van der Waals surface area contributed by atoms with Gasteiger partial charge >= 0.3 is 5.97 Å². The van der Waals surface area contributed by atoms with Gasteiger partial charge in [0.1, 0.15) is 12.4 Å². The number of hydrogen-bond donors (Lipinski definition) is 2. The predicted octanol–water partition coefficient (Wildman–Crippen LogP) is 4.51. The molecule has 36 heavy (non-hydrogen) atoms. The molecule has 2 fully saturated rings. The molecule has 0 atom stereocenters. The number of carboxylic acid groups (broad SMARTS) is 1. The molecule has 0 amide bonds. The monoisotopic (exact) mass is 488 g/mol. The molecule has 2 N–H and O–H groups in total. The third kappa shape index (κ3) is 5.56. The average molecular weight is 489 g/mol. The molecule has 188 valence electrons. The van der Waals surface area contributed by atoms with E-state index in [2.05, 4.69) is 55.7 Å². The smallest absolute Gasteiger partial charge is 0.303 e. The van der Waals surface area contributed by atoms with Gasteiger partial charge in [-0.25, -0.2) is 4.98 Å². The molecule has 0 saturated carbocycles. The van der Waals surface area contributed by atoms with Gasteiger partial charge in [-0.05, 0) is 61.8 Å². The zero-order chi connectivity index (χ0) is 24.9. The number of nitrogens with zero attached hydrogens (tertiary/aromatic N) is 7. The lowest BCUT2D eigenvalue weighted by Gasteiger charge is -2.33. The predicted molar refractivity (Wildman–Crippen MR) is 136 cm³/mol. The van der Waals surface area contributed by atoms with Crippen molar-refractivity contribution < 1.29 is 9.90 Å². The Bertz CT molecular complexity index is 1140. The molecule has 4 heterocycles. The van der Waals surface area contributed by atoms with Gasteiger partial charge in [0, 0.05) is 56.0 Å². The molecule has 0 bridgehead atoms. The Labute approximate surface area is 211 Å². The Morgan fingerprint density at radius 2 is 1.64 bits per heavy atom. The second kappa shape index (κ2) is 10.9. The third-order valence-electron chi connectivity index (χ3n) is 7.48. The number of nitriles is 1. The summed E-state index contributed by atoms with van der Waals surface area (Å²) in [5.41, 5.74) is 3.99. The van der Waals surface area contributed by atoms with E-state index in [1.54, 1.807) is 0 Å². The first-order valence-corrected chi connectivity index (χ1v) is 12.8. The Morgan fingerprint density at radius 1 is 0.972 bits per heavy atom. The molecule has 3 aliphatic heterocycles. The zero-order valence-corrected chi connectivity index (χ0v) is 20.4. The first-order valence-electron chi connectivity index (χ1n) is 12.8. The molecule has 5 rings (SSSR count). The largest absolute Gasteiger partial charge is 0.481 e. The maximum absolute atomic E-state index is 11.0. The van der Waals surface area contributed by atoms with Crippen molar-refractivity contribution in [3.63, 3.8) is 0 Å². The van der Waals surface area contributed by atoms with Crippen LogP contribution in [0.1, 0.15) is 49.8 Å². The van der Waals surface area contributed by atoms with Crippen LogP contribution in [0.15, 0.2) is 34.5 Å². The van der Waals surface area contributed by atoms with E-state index >= 15 is 0 Å². The quantitative estimate of drug-likeness (QED) is 0.582. The Morgan fingerprint density at radius 3 is 2.33 bits per heavy atom. The molecular formula is C26H32N8O2. The Balaban J connectivity index is 1.28. The molecule has 0 aliphatic carbocycles. The fourth-order valence-corrected chi connectivity index (χ4v) is 5.30. The molecule has 0 spiro atoms. The third-order valence-corrected chi connectivity index (χ3v) is 7.48. The fourth-order valence-electron chi connectivity index (χ4n) is 5.30. The SMILES string of the molecule is N#CCC1CCN(c2nc3c(c(Nc4ccc(N5CCC(CC(=O)O)CC5)cc4)n2)CN=NC3)CC1. The number of carboxylic acids is 1. The highest BCUT2D eigenvalue weighted by atomic mass is 16.4. The van der Waals surface area contributed by atoms with E-state index < -0.39 is 5.97 Å². The molecular weight excluding hydrogens is 456 g/mol. The normalized spacial score (nSPS) is 18.5. The van der Waals surface area contributed by atoms with Gasteiger partial charge in [-0.15, -0.1) is 0 Å². The van der Waals surface area contributed by atoms with Gasteiger partial charge in [0.15, 0.2) is 0 Å². The van der Waals surface area contributed by atoms with E-state index in [0.717, 1.165) is 80.3 Å². The molecule has 10 heteroatoms. The summed E-state index contributed by atoms with van der Waals surface area (Å²) in [5.74, 6) is 1.51. The van der Waals surface area contributed by atoms with Crippen LogP contribution in [0.4, 0.5) is 23.1 Å². The Kier molecular flexibility index (Phi) is 7.26. The molecule has 2 aromatic rings. The lowest BCUT2D eigenvalue weighted by molar-refractivity contribution is -0.138. The number of rotatable bonds is 7. The van der Waals surface area contributed by atoms with Crippen molar-refractivity contribution in [3.8, 4) is 6.07 Å². The second-order valence-corrected chi connectivity index (χ2v) is 9.89.